The van der Waals surface area contributed by atoms with E-state index < -0.39 is 10.0 Å². The Morgan fingerprint density at radius 1 is 0.893 bits per heavy atom. The number of benzene rings is 2. The molecular weight excluding hydrogens is 376 g/mol. The zero-order valence-electron chi connectivity index (χ0n) is 16.1. The summed E-state index contributed by atoms with van der Waals surface area (Å²) in [6.07, 6.45) is 0. The lowest BCUT2D eigenvalue weighted by Gasteiger charge is -2.13. The van der Waals surface area contributed by atoms with Gasteiger partial charge >= 0.3 is 0 Å². The van der Waals surface area contributed by atoms with Gasteiger partial charge in [-0.25, -0.2) is 8.42 Å². The molecule has 0 spiro atoms. The summed E-state index contributed by atoms with van der Waals surface area (Å²) in [5.41, 5.74) is 3.92. The highest BCUT2D eigenvalue weighted by atomic mass is 32.2. The molecule has 3 rings (SSSR count). The topological polar surface area (TPSA) is 93.2 Å². The van der Waals surface area contributed by atoms with Gasteiger partial charge in [-0.2, -0.15) is 0 Å². The summed E-state index contributed by atoms with van der Waals surface area (Å²) < 4.78 is 33.1. The summed E-state index contributed by atoms with van der Waals surface area (Å²) in [7, 11) is -2.43. The van der Waals surface area contributed by atoms with E-state index in [1.54, 1.807) is 30.3 Å². The summed E-state index contributed by atoms with van der Waals surface area (Å²) in [4.78, 5) is 0.0505. The van der Waals surface area contributed by atoms with Gasteiger partial charge in [-0.3, -0.25) is 4.72 Å². The van der Waals surface area contributed by atoms with E-state index in [0.717, 1.165) is 22.4 Å². The van der Waals surface area contributed by atoms with Crippen LogP contribution in [0.2, 0.25) is 0 Å². The third kappa shape index (κ3) is 4.23. The van der Waals surface area contributed by atoms with E-state index >= 15 is 0 Å². The monoisotopic (exact) mass is 398 g/mol. The van der Waals surface area contributed by atoms with Crippen molar-refractivity contribution in [3.8, 4) is 5.75 Å². The summed E-state index contributed by atoms with van der Waals surface area (Å²) in [6.45, 7) is 5.81. The lowest BCUT2D eigenvalue weighted by Crippen LogP contribution is -2.15. The molecule has 0 saturated carbocycles. The number of para-hydroxylation sites is 1. The maximum atomic E-state index is 12.7. The summed E-state index contributed by atoms with van der Waals surface area (Å²) in [5, 5.41) is 11.3. The summed E-state index contributed by atoms with van der Waals surface area (Å²) in [5.74, 6) is 0.906. The van der Waals surface area contributed by atoms with Crippen LogP contribution in [0, 0.1) is 20.8 Å². The molecule has 0 saturated heterocycles. The molecular formula is C20H22N4O3S. The number of sulfonamides is 1. The molecule has 1 heterocycles. The molecule has 0 aliphatic carbocycles. The van der Waals surface area contributed by atoms with Crippen molar-refractivity contribution < 1.29 is 13.2 Å². The number of methoxy groups -OCH3 is 1. The minimum absolute atomic E-state index is 0.0505. The van der Waals surface area contributed by atoms with Gasteiger partial charge in [0.2, 0.25) is 0 Å². The predicted octanol–water partition coefficient (Wildman–Crippen LogP) is 3.95. The Labute approximate surface area is 164 Å². The highest BCUT2D eigenvalue weighted by molar-refractivity contribution is 7.92. The number of nitrogens with one attached hydrogen (secondary N) is 2. The van der Waals surface area contributed by atoms with Gasteiger partial charge in [-0.1, -0.05) is 24.3 Å². The molecule has 0 aliphatic rings. The van der Waals surface area contributed by atoms with Crippen LogP contribution in [0.5, 0.6) is 5.75 Å². The van der Waals surface area contributed by atoms with Gasteiger partial charge in [-0.05, 0) is 61.7 Å². The van der Waals surface area contributed by atoms with Crippen molar-refractivity contribution in [2.45, 2.75) is 25.7 Å². The highest BCUT2D eigenvalue weighted by Gasteiger charge is 2.20. The van der Waals surface area contributed by atoms with E-state index in [0.29, 0.717) is 5.82 Å². The first kappa shape index (κ1) is 19.6. The van der Waals surface area contributed by atoms with E-state index in [1.165, 1.54) is 7.11 Å². The third-order valence-corrected chi connectivity index (χ3v) is 5.62. The summed E-state index contributed by atoms with van der Waals surface area (Å²) >= 11 is 0. The van der Waals surface area contributed by atoms with Gasteiger partial charge in [0.15, 0.2) is 11.6 Å². The number of anilines is 3. The molecule has 0 bridgehead atoms. The second kappa shape index (κ2) is 7.85. The minimum Gasteiger partial charge on any atom is -0.495 e. The Hall–Kier alpha value is -3.13. The Balaban J connectivity index is 1.82. The molecule has 2 N–H and O–H groups in total. The standard InChI is InChI=1S/C20H22N4O3S/c1-13-8-9-16(27-4)17(12-13)28(25,26)24-19-11-10-18(22-23-19)21-20-14(2)6-5-7-15(20)3/h5-12H,1-4H3,(H,21,22)(H,23,24). The molecule has 28 heavy (non-hydrogen) atoms. The maximum Gasteiger partial charge on any atom is 0.266 e. The first-order valence-electron chi connectivity index (χ1n) is 8.64. The van der Waals surface area contributed by atoms with E-state index in [-0.39, 0.29) is 16.5 Å². The van der Waals surface area contributed by atoms with Crippen LogP contribution in [0.3, 0.4) is 0 Å². The third-order valence-electron chi connectivity index (χ3n) is 4.25. The Kier molecular flexibility index (Phi) is 5.51. The lowest BCUT2D eigenvalue weighted by molar-refractivity contribution is 0.402. The number of aromatic nitrogens is 2. The van der Waals surface area contributed by atoms with Crippen LogP contribution in [-0.2, 0) is 10.0 Å². The number of ether oxygens (including phenoxy) is 1. The van der Waals surface area contributed by atoms with Crippen LogP contribution in [0.15, 0.2) is 53.4 Å². The molecule has 8 heteroatoms. The van der Waals surface area contributed by atoms with Crippen LogP contribution >= 0.6 is 0 Å². The van der Waals surface area contributed by atoms with Crippen LogP contribution in [0.25, 0.3) is 0 Å². The second-order valence-electron chi connectivity index (χ2n) is 6.46. The molecule has 7 nitrogen and oxygen atoms in total. The first-order chi connectivity index (χ1) is 13.3. The fourth-order valence-electron chi connectivity index (χ4n) is 2.78. The zero-order chi connectivity index (χ0) is 20.3. The fraction of sp³-hybridized carbons (Fsp3) is 0.200. The number of hydrogen-bond donors (Lipinski definition) is 2. The van der Waals surface area contributed by atoms with E-state index in [1.807, 2.05) is 39.0 Å². The molecule has 0 radical (unpaired) electrons. The van der Waals surface area contributed by atoms with Gasteiger partial charge in [0.1, 0.15) is 10.6 Å². The van der Waals surface area contributed by atoms with Gasteiger partial charge in [0.05, 0.1) is 7.11 Å². The number of nitrogens with zero attached hydrogens (tertiary/aromatic N) is 2. The van der Waals surface area contributed by atoms with Gasteiger partial charge in [0, 0.05) is 5.69 Å². The normalized spacial score (nSPS) is 11.1. The molecule has 0 atom stereocenters. The average Bonchev–Trinajstić information content (AvgIpc) is 2.66. The van der Waals surface area contributed by atoms with Crippen LogP contribution in [0.4, 0.5) is 17.3 Å². The molecule has 3 aromatic rings. The first-order valence-corrected chi connectivity index (χ1v) is 10.1. The predicted molar refractivity (Wildman–Crippen MR) is 110 cm³/mol. The molecule has 0 aliphatic heterocycles. The van der Waals surface area contributed by atoms with Crippen LogP contribution in [0.1, 0.15) is 16.7 Å². The quantitative estimate of drug-likeness (QED) is 0.653. The van der Waals surface area contributed by atoms with Crippen LogP contribution in [-0.4, -0.2) is 25.7 Å². The maximum absolute atomic E-state index is 12.7. The van der Waals surface area contributed by atoms with Crippen molar-refractivity contribution in [3.63, 3.8) is 0 Å². The van der Waals surface area contributed by atoms with E-state index in [9.17, 15) is 8.42 Å². The summed E-state index contributed by atoms with van der Waals surface area (Å²) in [6, 6.07) is 14.2. The smallest absolute Gasteiger partial charge is 0.266 e. The van der Waals surface area contributed by atoms with Crippen LogP contribution < -0.4 is 14.8 Å². The van der Waals surface area contributed by atoms with Crippen molar-refractivity contribution in [3.05, 3.63) is 65.2 Å². The largest absolute Gasteiger partial charge is 0.495 e. The second-order valence-corrected chi connectivity index (χ2v) is 8.11. The SMILES string of the molecule is COc1ccc(C)cc1S(=O)(=O)Nc1ccc(Nc2c(C)cccc2C)nn1. The number of aryl methyl sites for hydroxylation is 3. The Morgan fingerprint density at radius 2 is 1.54 bits per heavy atom. The van der Waals surface area contributed by atoms with Crippen molar-refractivity contribution >= 4 is 27.3 Å². The molecule has 2 aromatic carbocycles. The van der Waals surface area contributed by atoms with Gasteiger partial charge < -0.3 is 10.1 Å². The molecule has 0 unspecified atom stereocenters. The molecule has 0 amide bonds. The Morgan fingerprint density at radius 3 is 2.14 bits per heavy atom. The minimum atomic E-state index is -3.86. The molecule has 0 fully saturated rings. The number of hydrogen-bond acceptors (Lipinski definition) is 6. The highest BCUT2D eigenvalue weighted by Crippen LogP contribution is 2.27. The fourth-order valence-corrected chi connectivity index (χ4v) is 4.03. The van der Waals surface area contributed by atoms with E-state index in [4.69, 9.17) is 4.74 Å². The van der Waals surface area contributed by atoms with Gasteiger partial charge in [-0.15, -0.1) is 10.2 Å². The molecule has 146 valence electrons. The number of rotatable bonds is 6. The van der Waals surface area contributed by atoms with Crippen molar-refractivity contribution in [2.75, 3.05) is 17.1 Å². The lowest BCUT2D eigenvalue weighted by atomic mass is 10.1. The van der Waals surface area contributed by atoms with Crippen molar-refractivity contribution in [2.24, 2.45) is 0 Å². The average molecular weight is 398 g/mol. The zero-order valence-corrected chi connectivity index (χ0v) is 17.0. The molecule has 1 aromatic heterocycles. The van der Waals surface area contributed by atoms with Gasteiger partial charge in [0.25, 0.3) is 10.0 Å². The van der Waals surface area contributed by atoms with Crippen molar-refractivity contribution in [1.82, 2.24) is 10.2 Å². The van der Waals surface area contributed by atoms with Crippen molar-refractivity contribution in [1.29, 1.82) is 0 Å². The van der Waals surface area contributed by atoms with E-state index in [2.05, 4.69) is 20.2 Å². The Bertz CT molecular complexity index is 1080.